The van der Waals surface area contributed by atoms with Gasteiger partial charge in [-0.15, -0.1) is 0 Å². The third-order valence-electron chi connectivity index (χ3n) is 1.31. The summed E-state index contributed by atoms with van der Waals surface area (Å²) in [5.41, 5.74) is 0.759. The van der Waals surface area contributed by atoms with Crippen LogP contribution in [0.4, 0.5) is 0 Å². The van der Waals surface area contributed by atoms with Gasteiger partial charge in [-0.3, -0.25) is 0 Å². The van der Waals surface area contributed by atoms with E-state index in [0.717, 1.165) is 0 Å². The molecule has 0 fully saturated rings. The number of hydrogen-bond donors (Lipinski definition) is 0. The molecule has 0 unspecified atom stereocenters. The number of methoxy groups -OCH3 is 1. The number of rotatable bonds is 3. The van der Waals surface area contributed by atoms with Crippen LogP contribution in [-0.4, -0.2) is 13.1 Å². The Labute approximate surface area is 105 Å². The van der Waals surface area contributed by atoms with Crippen LogP contribution in [0.5, 0.6) is 0 Å². The van der Waals surface area contributed by atoms with Crippen molar-refractivity contribution < 1.29 is 9.53 Å². The largest absolute Gasteiger partial charge is 0.466 e. The summed E-state index contributed by atoms with van der Waals surface area (Å²) in [6.45, 7) is 13.0. The van der Waals surface area contributed by atoms with E-state index in [1.165, 1.54) is 25.3 Å². The van der Waals surface area contributed by atoms with Crippen molar-refractivity contribution in [2.45, 2.75) is 34.6 Å². The second-order valence-electron chi connectivity index (χ2n) is 2.29. The molecule has 0 aromatic heterocycles. The molecule has 0 rings (SSSR count). The molecule has 0 saturated heterocycles. The zero-order valence-electron chi connectivity index (χ0n) is 11.7. The standard InChI is InChI=1S/C10H11NO2.2C2H6/c1-4-5-9(7-11)6-8(2)10(12)13-3;2*1-2/h4-6H,1H2,2-3H3;2*1-2H3/b8-6+,9-5+;;. The number of hydrogen-bond acceptors (Lipinski definition) is 3. The van der Waals surface area contributed by atoms with Crippen LogP contribution in [0.3, 0.4) is 0 Å². The minimum Gasteiger partial charge on any atom is -0.466 e. The second kappa shape index (κ2) is 16.6. The van der Waals surface area contributed by atoms with Crippen LogP contribution in [0.25, 0.3) is 0 Å². The lowest BCUT2D eigenvalue weighted by molar-refractivity contribution is -0.136. The van der Waals surface area contributed by atoms with E-state index in [4.69, 9.17) is 5.26 Å². The molecule has 0 spiro atoms. The Bertz CT molecular complexity index is 307. The van der Waals surface area contributed by atoms with Gasteiger partial charge in [0.1, 0.15) is 0 Å². The van der Waals surface area contributed by atoms with Gasteiger partial charge in [-0.1, -0.05) is 40.3 Å². The minimum absolute atomic E-state index is 0.373. The smallest absolute Gasteiger partial charge is 0.333 e. The first-order chi connectivity index (χ1) is 8.15. The summed E-state index contributed by atoms with van der Waals surface area (Å²) in [5.74, 6) is -0.440. The molecule has 0 aromatic rings. The highest BCUT2D eigenvalue weighted by Crippen LogP contribution is 2.03. The van der Waals surface area contributed by atoms with Gasteiger partial charge in [0, 0.05) is 5.57 Å². The van der Waals surface area contributed by atoms with Gasteiger partial charge in [-0.25, -0.2) is 4.79 Å². The van der Waals surface area contributed by atoms with Crippen molar-refractivity contribution in [1.29, 1.82) is 5.26 Å². The van der Waals surface area contributed by atoms with Gasteiger partial charge in [0.15, 0.2) is 0 Å². The molecule has 0 aliphatic carbocycles. The molecule has 0 aliphatic rings. The topological polar surface area (TPSA) is 50.1 Å². The Morgan fingerprint density at radius 1 is 1.29 bits per heavy atom. The van der Waals surface area contributed by atoms with Crippen LogP contribution in [0.15, 0.2) is 36.0 Å². The van der Waals surface area contributed by atoms with Crippen molar-refractivity contribution in [3.63, 3.8) is 0 Å². The highest BCUT2D eigenvalue weighted by Gasteiger charge is 2.02. The monoisotopic (exact) mass is 237 g/mol. The summed E-state index contributed by atoms with van der Waals surface area (Å²) < 4.78 is 4.47. The van der Waals surface area contributed by atoms with Crippen LogP contribution < -0.4 is 0 Å². The van der Waals surface area contributed by atoms with E-state index in [1.54, 1.807) is 6.92 Å². The number of carbonyl (C=O) groups excluding carboxylic acids is 1. The second-order valence-corrected chi connectivity index (χ2v) is 2.29. The Hall–Kier alpha value is -1.82. The summed E-state index contributed by atoms with van der Waals surface area (Å²) in [6.07, 6.45) is 4.46. The first-order valence-electron chi connectivity index (χ1n) is 5.65. The van der Waals surface area contributed by atoms with Crippen LogP contribution in [-0.2, 0) is 9.53 Å². The number of allylic oxidation sites excluding steroid dienone is 4. The van der Waals surface area contributed by atoms with Gasteiger partial charge in [0.05, 0.1) is 18.8 Å². The summed E-state index contributed by atoms with van der Waals surface area (Å²) in [6, 6.07) is 1.92. The molecule has 96 valence electrons. The summed E-state index contributed by atoms with van der Waals surface area (Å²) in [7, 11) is 1.29. The van der Waals surface area contributed by atoms with Crippen molar-refractivity contribution in [3.05, 3.63) is 36.0 Å². The van der Waals surface area contributed by atoms with Gasteiger partial charge in [-0.2, -0.15) is 5.26 Å². The lowest BCUT2D eigenvalue weighted by Gasteiger charge is -1.96. The fourth-order valence-electron chi connectivity index (χ4n) is 0.698. The van der Waals surface area contributed by atoms with Crippen molar-refractivity contribution in [3.8, 4) is 6.07 Å². The normalized spacial score (nSPS) is 9.71. The van der Waals surface area contributed by atoms with Gasteiger partial charge < -0.3 is 4.74 Å². The Morgan fingerprint density at radius 3 is 2.06 bits per heavy atom. The molecule has 0 bridgehead atoms. The van der Waals surface area contributed by atoms with Gasteiger partial charge >= 0.3 is 5.97 Å². The fourth-order valence-corrected chi connectivity index (χ4v) is 0.698. The lowest BCUT2D eigenvalue weighted by atomic mass is 10.2. The highest BCUT2D eigenvalue weighted by molar-refractivity contribution is 5.88. The Morgan fingerprint density at radius 2 is 1.76 bits per heavy atom. The van der Waals surface area contributed by atoms with Crippen molar-refractivity contribution >= 4 is 5.97 Å². The average molecular weight is 237 g/mol. The number of carbonyl (C=O) groups is 1. The first kappa shape index (κ1) is 20.6. The number of ether oxygens (including phenoxy) is 1. The molecule has 0 atom stereocenters. The molecule has 3 nitrogen and oxygen atoms in total. The van der Waals surface area contributed by atoms with Crippen LogP contribution in [0, 0.1) is 11.3 Å². The van der Waals surface area contributed by atoms with Crippen LogP contribution in [0.1, 0.15) is 34.6 Å². The van der Waals surface area contributed by atoms with E-state index >= 15 is 0 Å². The van der Waals surface area contributed by atoms with E-state index in [0.29, 0.717) is 11.1 Å². The number of nitriles is 1. The van der Waals surface area contributed by atoms with E-state index in [-0.39, 0.29) is 0 Å². The lowest BCUT2D eigenvalue weighted by Crippen LogP contribution is -2.01. The molecule has 0 heterocycles. The maximum absolute atomic E-state index is 10.9. The van der Waals surface area contributed by atoms with Crippen molar-refractivity contribution in [2.24, 2.45) is 0 Å². The number of esters is 1. The summed E-state index contributed by atoms with van der Waals surface area (Å²) >= 11 is 0. The highest BCUT2D eigenvalue weighted by atomic mass is 16.5. The number of nitrogens with zero attached hydrogens (tertiary/aromatic N) is 1. The van der Waals surface area contributed by atoms with E-state index < -0.39 is 5.97 Å². The SMILES string of the molecule is C=C/C=C(C#N)\C=C(/C)C(=O)OC.CC.CC. The fraction of sp³-hybridized carbons (Fsp3) is 0.429. The zero-order chi connectivity index (χ0) is 14.3. The first-order valence-corrected chi connectivity index (χ1v) is 5.65. The average Bonchev–Trinajstić information content (AvgIpc) is 2.41. The molecule has 3 heteroatoms. The van der Waals surface area contributed by atoms with Crippen molar-refractivity contribution in [2.75, 3.05) is 7.11 Å². The van der Waals surface area contributed by atoms with E-state index in [2.05, 4.69) is 11.3 Å². The third-order valence-corrected chi connectivity index (χ3v) is 1.31. The summed E-state index contributed by atoms with van der Waals surface area (Å²) in [4.78, 5) is 10.9. The molecule has 0 saturated carbocycles. The molecule has 0 radical (unpaired) electrons. The summed E-state index contributed by atoms with van der Waals surface area (Å²) in [5, 5.41) is 8.60. The maximum atomic E-state index is 10.9. The Kier molecular flexibility index (Phi) is 20.1. The maximum Gasteiger partial charge on any atom is 0.333 e. The van der Waals surface area contributed by atoms with Crippen molar-refractivity contribution in [1.82, 2.24) is 0 Å². The zero-order valence-corrected chi connectivity index (χ0v) is 11.7. The van der Waals surface area contributed by atoms with Gasteiger partial charge in [0.2, 0.25) is 0 Å². The molecular formula is C14H23NO2. The predicted molar refractivity (Wildman–Crippen MR) is 72.4 cm³/mol. The molecule has 17 heavy (non-hydrogen) atoms. The van der Waals surface area contributed by atoms with Crippen LogP contribution in [0.2, 0.25) is 0 Å². The van der Waals surface area contributed by atoms with Gasteiger partial charge in [-0.05, 0) is 19.1 Å². The Balaban J connectivity index is -0.000000439. The molecule has 0 aliphatic heterocycles. The quantitative estimate of drug-likeness (QED) is 0.325. The molecule has 0 N–H and O–H groups in total. The molecule has 0 amide bonds. The predicted octanol–water partition coefficient (Wildman–Crippen LogP) is 3.79. The van der Waals surface area contributed by atoms with Gasteiger partial charge in [0.25, 0.3) is 0 Å². The van der Waals surface area contributed by atoms with Crippen LogP contribution >= 0.6 is 0 Å². The van der Waals surface area contributed by atoms with E-state index in [1.807, 2.05) is 33.8 Å². The van der Waals surface area contributed by atoms with E-state index in [9.17, 15) is 4.79 Å². The third kappa shape index (κ3) is 12.1. The minimum atomic E-state index is -0.440. The molecular weight excluding hydrogens is 214 g/mol. The molecule has 0 aromatic carbocycles.